The summed E-state index contributed by atoms with van der Waals surface area (Å²) in [5.74, 6) is -0.0784. The lowest BCUT2D eigenvalue weighted by molar-refractivity contribution is -0.123. The molecule has 1 saturated carbocycles. The number of aryl methyl sites for hydroxylation is 1. The van der Waals surface area contributed by atoms with Crippen LogP contribution in [0.1, 0.15) is 72.9 Å². The summed E-state index contributed by atoms with van der Waals surface area (Å²) in [6.45, 7) is 27.1. The molecule has 5 rings (SSSR count). The summed E-state index contributed by atoms with van der Waals surface area (Å²) in [5.41, 5.74) is 11.9. The van der Waals surface area contributed by atoms with Crippen LogP contribution >= 0.6 is 0 Å². The molecule has 4 aromatic rings. The van der Waals surface area contributed by atoms with Crippen molar-refractivity contribution >= 4 is 16.8 Å². The predicted octanol–water partition coefficient (Wildman–Crippen LogP) is 10.7. The molecule has 0 bridgehead atoms. The van der Waals surface area contributed by atoms with Crippen molar-refractivity contribution in [1.29, 1.82) is 0 Å². The Labute approximate surface area is 303 Å². The minimum atomic E-state index is -0.557. The van der Waals surface area contributed by atoms with Crippen LogP contribution in [-0.4, -0.2) is 32.1 Å². The maximum Gasteiger partial charge on any atom is 0.237 e. The SMILES string of the molecule is C=C.C=C(C)/C=C\C=C/C.C=C/C=C\C.CC.CC.Cn1cc(CC(N)C(=O)NC2CC(n3cncc3-c3ccccc3)C2)c2ccccc21. The number of nitrogens with one attached hydrogen (secondary N) is 1. The van der Waals surface area contributed by atoms with Gasteiger partial charge >= 0.3 is 0 Å². The molecule has 2 aromatic carbocycles. The zero-order valence-electron chi connectivity index (χ0n) is 32.0. The molecule has 1 amide bonds. The fraction of sp³-hybridized carbons (Fsp3) is 0.318. The summed E-state index contributed by atoms with van der Waals surface area (Å²) >= 11 is 0. The number of rotatable bonds is 9. The standard InChI is InChI=1S/C25H27N5O.C8H12.C5H8.2C2H6.C2H4/c1-29-15-18(21-9-5-6-10-23(21)29)11-22(26)25(31)28-19-12-20(13-19)30-16-27-14-24(30)17-7-3-2-4-8-17;1-4-5-6-7-8(2)3;1-3-5-4-2;3*1-2/h2-10,14-16,19-20,22H,11-13,26H2,1H3,(H,28,31);4-7H,2H2,1,3H3;3-5H,1H2,2H3;2*1-2H3;1-2H2/b;5-4-,7-6-;5-4-;;;. The second-order valence-electron chi connectivity index (χ2n) is 11.0. The van der Waals surface area contributed by atoms with Crippen LogP contribution in [0.15, 0.2) is 148 Å². The number of amides is 1. The molecule has 0 radical (unpaired) electrons. The lowest BCUT2D eigenvalue weighted by Crippen LogP contribution is -2.51. The van der Waals surface area contributed by atoms with Crippen molar-refractivity contribution in [2.75, 3.05) is 0 Å². The van der Waals surface area contributed by atoms with Crippen LogP contribution in [0.5, 0.6) is 0 Å². The zero-order chi connectivity index (χ0) is 37.9. The summed E-state index contributed by atoms with van der Waals surface area (Å²) in [7, 11) is 2.02. The van der Waals surface area contributed by atoms with Gasteiger partial charge in [-0.25, -0.2) is 4.98 Å². The van der Waals surface area contributed by atoms with Crippen molar-refractivity contribution in [3.63, 3.8) is 0 Å². The molecule has 0 spiro atoms. The number of para-hydroxylation sites is 1. The number of hydrogen-bond donors (Lipinski definition) is 2. The minimum Gasteiger partial charge on any atom is -0.352 e. The third-order valence-electron chi connectivity index (χ3n) is 7.36. The molecule has 2 heterocycles. The Morgan fingerprint density at radius 3 is 2.14 bits per heavy atom. The van der Waals surface area contributed by atoms with Gasteiger partial charge in [-0.15, -0.1) is 13.2 Å². The summed E-state index contributed by atoms with van der Waals surface area (Å²) in [6, 6.07) is 18.4. The number of fused-ring (bicyclic) bond motifs is 1. The Morgan fingerprint density at radius 1 is 0.980 bits per heavy atom. The van der Waals surface area contributed by atoms with E-state index in [0.29, 0.717) is 12.5 Å². The molecule has 1 atom stereocenters. The second kappa shape index (κ2) is 26.9. The normalized spacial score (nSPS) is 14.9. The molecule has 3 N–H and O–H groups in total. The van der Waals surface area contributed by atoms with Crippen LogP contribution in [0.2, 0.25) is 0 Å². The molecule has 1 fully saturated rings. The van der Waals surface area contributed by atoms with Gasteiger partial charge < -0.3 is 20.2 Å². The van der Waals surface area contributed by atoms with E-state index in [-0.39, 0.29) is 11.9 Å². The van der Waals surface area contributed by atoms with Gasteiger partial charge in [0, 0.05) is 36.2 Å². The van der Waals surface area contributed by atoms with Gasteiger partial charge in [0.15, 0.2) is 0 Å². The van der Waals surface area contributed by atoms with Gasteiger partial charge in [-0.1, -0.05) is 137 Å². The van der Waals surface area contributed by atoms with E-state index in [4.69, 9.17) is 5.73 Å². The summed E-state index contributed by atoms with van der Waals surface area (Å²) in [5, 5.41) is 4.30. The Kier molecular flexibility index (Phi) is 24.3. The van der Waals surface area contributed by atoms with Gasteiger partial charge in [-0.2, -0.15) is 0 Å². The molecule has 0 aliphatic heterocycles. The predicted molar refractivity (Wildman–Crippen MR) is 220 cm³/mol. The number of carbonyl (C=O) groups excluding carboxylic acids is 1. The van der Waals surface area contributed by atoms with Crippen molar-refractivity contribution < 1.29 is 4.79 Å². The average molecular weight is 678 g/mol. The highest BCUT2D eigenvalue weighted by molar-refractivity contribution is 5.86. The van der Waals surface area contributed by atoms with E-state index in [1.54, 1.807) is 6.08 Å². The first-order valence-corrected chi connectivity index (χ1v) is 17.6. The molecular formula is C44H63N5O. The average Bonchev–Trinajstić information content (AvgIpc) is 3.74. The van der Waals surface area contributed by atoms with Gasteiger partial charge in [-0.3, -0.25) is 4.79 Å². The Hall–Kier alpha value is -4.94. The molecule has 0 saturated heterocycles. The molecule has 6 heteroatoms. The van der Waals surface area contributed by atoms with Crippen LogP contribution in [0.3, 0.4) is 0 Å². The number of carbonyl (C=O) groups is 1. The largest absolute Gasteiger partial charge is 0.352 e. The third-order valence-corrected chi connectivity index (χ3v) is 7.36. The monoisotopic (exact) mass is 678 g/mol. The maximum absolute atomic E-state index is 12.7. The molecular weight excluding hydrogens is 615 g/mol. The van der Waals surface area contributed by atoms with Crippen LogP contribution < -0.4 is 11.1 Å². The molecule has 6 nitrogen and oxygen atoms in total. The van der Waals surface area contributed by atoms with Crippen molar-refractivity contribution in [2.24, 2.45) is 12.8 Å². The van der Waals surface area contributed by atoms with Gasteiger partial charge in [0.1, 0.15) is 0 Å². The van der Waals surface area contributed by atoms with E-state index in [9.17, 15) is 4.79 Å². The van der Waals surface area contributed by atoms with E-state index < -0.39 is 6.04 Å². The number of nitrogens with two attached hydrogens (primary N) is 1. The van der Waals surface area contributed by atoms with Crippen molar-refractivity contribution in [3.05, 3.63) is 153 Å². The Bertz CT molecular complexity index is 1600. The highest BCUT2D eigenvalue weighted by Gasteiger charge is 2.33. The number of nitrogens with zero attached hydrogens (tertiary/aromatic N) is 3. The quantitative estimate of drug-likeness (QED) is 0.137. The Balaban J connectivity index is 0.00000106. The van der Waals surface area contributed by atoms with Crippen LogP contribution in [0.4, 0.5) is 0 Å². The van der Waals surface area contributed by atoms with Gasteiger partial charge in [0.25, 0.3) is 0 Å². The van der Waals surface area contributed by atoms with Gasteiger partial charge in [0.05, 0.1) is 24.3 Å². The Morgan fingerprint density at radius 2 is 1.58 bits per heavy atom. The van der Waals surface area contributed by atoms with E-state index in [1.807, 2.05) is 135 Å². The molecule has 1 aliphatic rings. The van der Waals surface area contributed by atoms with E-state index in [2.05, 4.69) is 76.2 Å². The number of benzene rings is 2. The third kappa shape index (κ3) is 15.1. The first-order valence-electron chi connectivity index (χ1n) is 17.6. The number of aromatic nitrogens is 3. The van der Waals surface area contributed by atoms with Crippen molar-refractivity contribution in [1.82, 2.24) is 19.4 Å². The van der Waals surface area contributed by atoms with E-state index in [1.165, 1.54) is 0 Å². The fourth-order valence-corrected chi connectivity index (χ4v) is 5.05. The molecule has 1 unspecified atom stereocenters. The molecule has 270 valence electrons. The summed E-state index contributed by atoms with van der Waals surface area (Å²) in [6.07, 6.45) is 21.7. The number of imidazole rings is 1. The number of hydrogen-bond acceptors (Lipinski definition) is 3. The van der Waals surface area contributed by atoms with Crippen LogP contribution in [-0.2, 0) is 18.3 Å². The first kappa shape index (κ1) is 45.1. The van der Waals surface area contributed by atoms with Crippen molar-refractivity contribution in [3.8, 4) is 11.3 Å². The maximum atomic E-state index is 12.7. The molecule has 2 aromatic heterocycles. The van der Waals surface area contributed by atoms with E-state index in [0.717, 1.165) is 46.1 Å². The highest BCUT2D eigenvalue weighted by Crippen LogP contribution is 2.35. The summed E-state index contributed by atoms with van der Waals surface area (Å²) < 4.78 is 4.30. The smallest absolute Gasteiger partial charge is 0.237 e. The second-order valence-corrected chi connectivity index (χ2v) is 11.0. The van der Waals surface area contributed by atoms with E-state index >= 15 is 0 Å². The highest BCUT2D eigenvalue weighted by atomic mass is 16.2. The van der Waals surface area contributed by atoms with Crippen LogP contribution in [0.25, 0.3) is 22.2 Å². The van der Waals surface area contributed by atoms with Gasteiger partial charge in [0.2, 0.25) is 5.91 Å². The molecule has 50 heavy (non-hydrogen) atoms. The van der Waals surface area contributed by atoms with Crippen LogP contribution in [0, 0.1) is 0 Å². The topological polar surface area (TPSA) is 77.9 Å². The molecule has 1 aliphatic carbocycles. The van der Waals surface area contributed by atoms with Crippen molar-refractivity contribution in [2.45, 2.75) is 85.9 Å². The minimum absolute atomic E-state index is 0.0784. The van der Waals surface area contributed by atoms with Gasteiger partial charge in [-0.05, 0) is 57.2 Å². The first-order chi connectivity index (χ1) is 24.3. The summed E-state index contributed by atoms with van der Waals surface area (Å²) in [4.78, 5) is 17.1. The fourth-order valence-electron chi connectivity index (χ4n) is 5.05. The lowest BCUT2D eigenvalue weighted by Gasteiger charge is -2.38. The number of allylic oxidation sites excluding steroid dienone is 8. The lowest BCUT2D eigenvalue weighted by atomic mass is 9.86. The zero-order valence-corrected chi connectivity index (χ0v) is 32.0.